The summed E-state index contributed by atoms with van der Waals surface area (Å²) in [5, 5.41) is 0.185. The highest BCUT2D eigenvalue weighted by Crippen LogP contribution is 2.15. The van der Waals surface area contributed by atoms with Crippen LogP contribution < -0.4 is 0 Å². The van der Waals surface area contributed by atoms with E-state index in [2.05, 4.69) is 36.8 Å². The number of aryl methyl sites for hydroxylation is 1. The second kappa shape index (κ2) is 6.85. The van der Waals surface area contributed by atoms with Crippen molar-refractivity contribution in [3.8, 4) is 0 Å². The summed E-state index contributed by atoms with van der Waals surface area (Å²) < 4.78 is 0. The van der Waals surface area contributed by atoms with Crippen molar-refractivity contribution in [3.63, 3.8) is 0 Å². The maximum Gasteiger partial charge on any atom is 0.115 e. The molecule has 1 unspecified atom stereocenters. The Labute approximate surface area is 103 Å². The van der Waals surface area contributed by atoms with Gasteiger partial charge in [-0.25, -0.2) is 9.97 Å². The lowest BCUT2D eigenvalue weighted by molar-refractivity contribution is 0.558. The molecule has 0 saturated carbocycles. The average Bonchev–Trinajstić information content (AvgIpc) is 2.17. The van der Waals surface area contributed by atoms with Gasteiger partial charge in [0.05, 0.1) is 0 Å². The Morgan fingerprint density at radius 1 is 1.25 bits per heavy atom. The molecule has 1 rings (SSSR count). The van der Waals surface area contributed by atoms with Crippen LogP contribution in [0, 0.1) is 5.92 Å². The molecule has 0 N–H and O–H groups in total. The van der Waals surface area contributed by atoms with Gasteiger partial charge in [-0.3, -0.25) is 0 Å². The first-order valence-corrected chi connectivity index (χ1v) is 6.49. The maximum absolute atomic E-state index is 6.28. The molecule has 1 heterocycles. The summed E-state index contributed by atoms with van der Waals surface area (Å²) in [5.74, 6) is 0.638. The van der Waals surface area contributed by atoms with E-state index in [4.69, 9.17) is 11.6 Å². The van der Waals surface area contributed by atoms with Crippen LogP contribution in [0.1, 0.15) is 45.0 Å². The number of halogens is 1. The van der Waals surface area contributed by atoms with Gasteiger partial charge in [-0.1, -0.05) is 27.2 Å². The van der Waals surface area contributed by atoms with Crippen LogP contribution in [0.25, 0.3) is 0 Å². The normalized spacial score (nSPS) is 13.1. The topological polar surface area (TPSA) is 25.8 Å². The van der Waals surface area contributed by atoms with Gasteiger partial charge in [-0.05, 0) is 24.8 Å². The number of hydrogen-bond acceptors (Lipinski definition) is 2. The molecule has 1 aromatic rings. The van der Waals surface area contributed by atoms with E-state index in [0.717, 1.165) is 37.1 Å². The highest BCUT2D eigenvalue weighted by Gasteiger charge is 2.09. The predicted molar refractivity (Wildman–Crippen MR) is 68.8 cm³/mol. The first-order valence-electron chi connectivity index (χ1n) is 6.05. The largest absolute Gasteiger partial charge is 0.241 e. The number of nitrogens with zero attached hydrogens (tertiary/aromatic N) is 2. The van der Waals surface area contributed by atoms with E-state index in [9.17, 15) is 0 Å². The zero-order valence-corrected chi connectivity index (χ0v) is 11.2. The highest BCUT2D eigenvalue weighted by atomic mass is 35.5. The molecule has 0 saturated heterocycles. The lowest BCUT2D eigenvalue weighted by atomic mass is 10.0. The Kier molecular flexibility index (Phi) is 5.75. The van der Waals surface area contributed by atoms with Gasteiger partial charge in [0.15, 0.2) is 0 Å². The second-order valence-corrected chi connectivity index (χ2v) is 5.30. The molecule has 90 valence electrons. The molecule has 0 spiro atoms. The Hall–Kier alpha value is -0.630. The molecule has 0 aliphatic rings. The molecular formula is C13H21ClN2. The van der Waals surface area contributed by atoms with Crippen LogP contribution in [0.4, 0.5) is 0 Å². The van der Waals surface area contributed by atoms with Gasteiger partial charge in [0.1, 0.15) is 6.33 Å². The molecule has 16 heavy (non-hydrogen) atoms. The summed E-state index contributed by atoms with van der Waals surface area (Å²) in [4.78, 5) is 8.52. The molecule has 0 aliphatic heterocycles. The molecule has 0 fully saturated rings. The first-order chi connectivity index (χ1) is 7.61. The van der Waals surface area contributed by atoms with Gasteiger partial charge in [-0.15, -0.1) is 11.6 Å². The second-order valence-electron chi connectivity index (χ2n) is 4.68. The summed E-state index contributed by atoms with van der Waals surface area (Å²) in [6, 6.07) is 2.08. The predicted octanol–water partition coefficient (Wildman–Crippen LogP) is 3.63. The van der Waals surface area contributed by atoms with Crippen LogP contribution in [0.15, 0.2) is 12.4 Å². The lowest BCUT2D eigenvalue weighted by Crippen LogP contribution is -2.09. The monoisotopic (exact) mass is 240 g/mol. The number of aromatic nitrogens is 2. The van der Waals surface area contributed by atoms with Crippen LogP contribution in [0.3, 0.4) is 0 Å². The summed E-state index contributed by atoms with van der Waals surface area (Å²) in [5.41, 5.74) is 2.19. The molecule has 0 bridgehead atoms. The van der Waals surface area contributed by atoms with Gasteiger partial charge in [0.2, 0.25) is 0 Å². The molecule has 1 atom stereocenters. The van der Waals surface area contributed by atoms with Crippen LogP contribution in [-0.4, -0.2) is 15.3 Å². The van der Waals surface area contributed by atoms with Crippen molar-refractivity contribution in [1.29, 1.82) is 0 Å². The van der Waals surface area contributed by atoms with Crippen LogP contribution in [0.5, 0.6) is 0 Å². The van der Waals surface area contributed by atoms with E-state index in [-0.39, 0.29) is 5.38 Å². The van der Waals surface area contributed by atoms with Crippen molar-refractivity contribution in [1.82, 2.24) is 9.97 Å². The maximum atomic E-state index is 6.28. The van der Waals surface area contributed by atoms with E-state index in [1.54, 1.807) is 6.33 Å². The van der Waals surface area contributed by atoms with E-state index >= 15 is 0 Å². The summed E-state index contributed by atoms with van der Waals surface area (Å²) >= 11 is 6.28. The van der Waals surface area contributed by atoms with Gasteiger partial charge in [0, 0.05) is 23.2 Å². The molecule has 2 nitrogen and oxygen atoms in total. The molecule has 0 amide bonds. The molecular weight excluding hydrogens is 220 g/mol. The number of hydrogen-bond donors (Lipinski definition) is 0. The summed E-state index contributed by atoms with van der Waals surface area (Å²) in [7, 11) is 0. The number of rotatable bonds is 6. The molecule has 3 heteroatoms. The molecule has 1 aromatic heterocycles. The van der Waals surface area contributed by atoms with Crippen LogP contribution in [0.2, 0.25) is 0 Å². The Balaban J connectivity index is 2.55. The highest BCUT2D eigenvalue weighted by molar-refractivity contribution is 6.20. The van der Waals surface area contributed by atoms with Crippen molar-refractivity contribution < 1.29 is 0 Å². The standard InChI is InChI=1S/C13H21ClN2/c1-4-5-12-8-13(16-9-15-12)7-11(14)6-10(2)3/h8-11H,4-7H2,1-3H3. The zero-order valence-electron chi connectivity index (χ0n) is 10.4. The third kappa shape index (κ3) is 4.93. The van der Waals surface area contributed by atoms with Crippen molar-refractivity contribution in [2.75, 3.05) is 0 Å². The van der Waals surface area contributed by atoms with Gasteiger partial charge in [-0.2, -0.15) is 0 Å². The zero-order chi connectivity index (χ0) is 12.0. The van der Waals surface area contributed by atoms with E-state index in [1.807, 2.05) is 0 Å². The third-order valence-electron chi connectivity index (χ3n) is 2.44. The van der Waals surface area contributed by atoms with E-state index in [1.165, 1.54) is 0 Å². The van der Waals surface area contributed by atoms with Gasteiger partial charge >= 0.3 is 0 Å². The fourth-order valence-electron chi connectivity index (χ4n) is 1.77. The minimum Gasteiger partial charge on any atom is -0.241 e. The fraction of sp³-hybridized carbons (Fsp3) is 0.692. The third-order valence-corrected chi connectivity index (χ3v) is 2.78. The smallest absolute Gasteiger partial charge is 0.115 e. The molecule has 0 aliphatic carbocycles. The van der Waals surface area contributed by atoms with E-state index in [0.29, 0.717) is 5.92 Å². The molecule has 0 aromatic carbocycles. The quantitative estimate of drug-likeness (QED) is 0.710. The Bertz CT molecular complexity index is 313. The minimum absolute atomic E-state index is 0.185. The van der Waals surface area contributed by atoms with Crippen LogP contribution in [-0.2, 0) is 12.8 Å². The summed E-state index contributed by atoms with van der Waals surface area (Å²) in [6.45, 7) is 6.54. The average molecular weight is 241 g/mol. The van der Waals surface area contributed by atoms with Crippen molar-refractivity contribution in [2.45, 2.75) is 51.8 Å². The van der Waals surface area contributed by atoms with E-state index < -0.39 is 0 Å². The number of alkyl halides is 1. The lowest BCUT2D eigenvalue weighted by Gasteiger charge is -2.11. The fourth-order valence-corrected chi connectivity index (χ4v) is 2.28. The van der Waals surface area contributed by atoms with Gasteiger partial charge in [0.25, 0.3) is 0 Å². The van der Waals surface area contributed by atoms with Gasteiger partial charge < -0.3 is 0 Å². The SMILES string of the molecule is CCCc1cc(CC(Cl)CC(C)C)ncn1. The minimum atomic E-state index is 0.185. The van der Waals surface area contributed by atoms with Crippen molar-refractivity contribution >= 4 is 11.6 Å². The van der Waals surface area contributed by atoms with Crippen LogP contribution >= 0.6 is 11.6 Å². The van der Waals surface area contributed by atoms with Crippen molar-refractivity contribution in [2.24, 2.45) is 5.92 Å². The Morgan fingerprint density at radius 3 is 2.56 bits per heavy atom. The van der Waals surface area contributed by atoms with Crippen molar-refractivity contribution in [3.05, 3.63) is 23.8 Å². The Morgan fingerprint density at radius 2 is 1.94 bits per heavy atom. The molecule has 0 radical (unpaired) electrons. The summed E-state index contributed by atoms with van der Waals surface area (Å²) in [6.07, 6.45) is 5.67. The first kappa shape index (κ1) is 13.4.